The van der Waals surface area contributed by atoms with Gasteiger partial charge in [0.25, 0.3) is 0 Å². The van der Waals surface area contributed by atoms with Crippen LogP contribution in [0.5, 0.6) is 0 Å². The summed E-state index contributed by atoms with van der Waals surface area (Å²) in [4.78, 5) is 4.56. The molecule has 0 amide bonds. The summed E-state index contributed by atoms with van der Waals surface area (Å²) < 4.78 is 38.3. The number of hydrogen-bond acceptors (Lipinski definition) is 4. The number of sulfone groups is 1. The normalized spacial score (nSPS) is 12.1. The Morgan fingerprint density at radius 2 is 1.87 bits per heavy atom. The second-order valence-corrected chi connectivity index (χ2v) is 9.19. The van der Waals surface area contributed by atoms with Gasteiger partial charge in [-0.1, -0.05) is 12.1 Å². The highest BCUT2D eigenvalue weighted by molar-refractivity contribution is 7.90. The highest BCUT2D eigenvalue weighted by Crippen LogP contribution is 2.16. The quantitative estimate of drug-likeness (QED) is 0.433. The molecule has 164 valence electrons. The molecule has 2 aromatic carbocycles. The van der Waals surface area contributed by atoms with E-state index < -0.39 is 9.84 Å². The molecule has 0 aliphatic carbocycles. The van der Waals surface area contributed by atoms with E-state index >= 15 is 0 Å². The Labute approximate surface area is 181 Å². The number of guanidine groups is 1. The maximum absolute atomic E-state index is 13.1. The lowest BCUT2D eigenvalue weighted by Crippen LogP contribution is -2.37. The molecule has 7 nitrogen and oxygen atoms in total. The molecule has 1 aromatic heterocycles. The van der Waals surface area contributed by atoms with E-state index in [4.69, 9.17) is 0 Å². The summed E-state index contributed by atoms with van der Waals surface area (Å²) >= 11 is 0. The zero-order valence-electron chi connectivity index (χ0n) is 17.8. The molecule has 0 fully saturated rings. The molecule has 0 aliphatic heterocycles. The molecule has 0 atom stereocenters. The van der Waals surface area contributed by atoms with Gasteiger partial charge in [0.05, 0.1) is 16.3 Å². The molecule has 1 heterocycles. The third-order valence-corrected chi connectivity index (χ3v) is 5.99. The smallest absolute Gasteiger partial charge is 0.191 e. The monoisotopic (exact) mass is 443 g/mol. The Hall–Kier alpha value is -3.20. The highest BCUT2D eigenvalue weighted by atomic mass is 32.2. The number of aliphatic imine (C=N–C) groups is 1. The molecule has 0 spiro atoms. The summed E-state index contributed by atoms with van der Waals surface area (Å²) in [6.07, 6.45) is 3.75. The molecule has 0 radical (unpaired) electrons. The number of aryl methyl sites for hydroxylation is 1. The van der Waals surface area contributed by atoms with E-state index in [1.54, 1.807) is 42.9 Å². The van der Waals surface area contributed by atoms with Crippen LogP contribution in [0, 0.1) is 12.7 Å². The maximum Gasteiger partial charge on any atom is 0.191 e. The van der Waals surface area contributed by atoms with Gasteiger partial charge in [-0.3, -0.25) is 4.99 Å². The first kappa shape index (κ1) is 22.5. The molecule has 0 saturated carbocycles. The van der Waals surface area contributed by atoms with Crippen molar-refractivity contribution < 1.29 is 12.8 Å². The minimum atomic E-state index is -3.22. The molecule has 0 aliphatic rings. The minimum absolute atomic E-state index is 0.277. The molecule has 3 aromatic rings. The van der Waals surface area contributed by atoms with Crippen LogP contribution in [-0.2, 0) is 22.8 Å². The molecule has 9 heteroatoms. The zero-order chi connectivity index (χ0) is 22.4. The van der Waals surface area contributed by atoms with Crippen LogP contribution >= 0.6 is 0 Å². The van der Waals surface area contributed by atoms with E-state index in [2.05, 4.69) is 20.7 Å². The Morgan fingerprint density at radius 1 is 1.13 bits per heavy atom. The van der Waals surface area contributed by atoms with Crippen molar-refractivity contribution in [3.63, 3.8) is 0 Å². The van der Waals surface area contributed by atoms with Gasteiger partial charge >= 0.3 is 0 Å². The van der Waals surface area contributed by atoms with Crippen molar-refractivity contribution in [1.82, 2.24) is 20.4 Å². The van der Waals surface area contributed by atoms with Crippen molar-refractivity contribution in [3.05, 3.63) is 77.4 Å². The van der Waals surface area contributed by atoms with Crippen molar-refractivity contribution >= 4 is 15.8 Å². The van der Waals surface area contributed by atoms with Crippen molar-refractivity contribution in [2.75, 3.05) is 19.8 Å². The van der Waals surface area contributed by atoms with Crippen LogP contribution in [0.2, 0.25) is 0 Å². The number of nitrogens with zero attached hydrogens (tertiary/aromatic N) is 3. The van der Waals surface area contributed by atoms with Gasteiger partial charge in [0.2, 0.25) is 0 Å². The zero-order valence-corrected chi connectivity index (χ0v) is 18.6. The SMILES string of the molecule is CN=C(NCCc1ccn(-c2ccc(F)cc2)n1)NCc1ccc(S(C)(=O)=O)c(C)c1. The molecule has 3 rings (SSSR count). The first-order chi connectivity index (χ1) is 14.8. The van der Waals surface area contributed by atoms with Crippen LogP contribution in [0.25, 0.3) is 5.69 Å². The van der Waals surface area contributed by atoms with Gasteiger partial charge in [0, 0.05) is 39.0 Å². The van der Waals surface area contributed by atoms with Crippen LogP contribution in [0.4, 0.5) is 4.39 Å². The fraction of sp³-hybridized carbons (Fsp3) is 0.273. The molecule has 0 unspecified atom stereocenters. The molecular weight excluding hydrogens is 417 g/mol. The third-order valence-electron chi connectivity index (χ3n) is 4.73. The van der Waals surface area contributed by atoms with Crippen LogP contribution in [0.15, 0.2) is 64.6 Å². The standard InChI is InChI=1S/C22H26FN5O2S/c1-16-14-17(4-9-21(16)31(3,29)30)15-26-22(24-2)25-12-10-19-11-13-28(27-19)20-7-5-18(23)6-8-20/h4-9,11,13-14H,10,12,15H2,1-3H3,(H2,24,25,26). The first-order valence-corrected chi connectivity index (χ1v) is 11.7. The maximum atomic E-state index is 13.1. The van der Waals surface area contributed by atoms with Gasteiger partial charge in [-0.05, 0) is 54.4 Å². The van der Waals surface area contributed by atoms with Crippen LogP contribution in [-0.4, -0.2) is 44.0 Å². The summed E-state index contributed by atoms with van der Waals surface area (Å²) in [6, 6.07) is 13.4. The molecule has 31 heavy (non-hydrogen) atoms. The Kier molecular flexibility index (Phi) is 7.06. The van der Waals surface area contributed by atoms with Gasteiger partial charge in [-0.15, -0.1) is 0 Å². The van der Waals surface area contributed by atoms with Crippen LogP contribution < -0.4 is 10.6 Å². The van der Waals surface area contributed by atoms with E-state index in [0.717, 1.165) is 22.5 Å². The summed E-state index contributed by atoms with van der Waals surface area (Å²) in [7, 11) is -1.53. The molecule has 0 bridgehead atoms. The average molecular weight is 444 g/mol. The lowest BCUT2D eigenvalue weighted by molar-refractivity contribution is 0.601. The second kappa shape index (κ2) is 9.74. The van der Waals surface area contributed by atoms with Crippen molar-refractivity contribution in [2.45, 2.75) is 24.8 Å². The number of nitrogens with one attached hydrogen (secondary N) is 2. The van der Waals surface area contributed by atoms with Crippen molar-refractivity contribution in [2.24, 2.45) is 4.99 Å². The predicted octanol–water partition coefficient (Wildman–Crippen LogP) is 2.63. The third kappa shape index (κ3) is 6.14. The van der Waals surface area contributed by atoms with Crippen LogP contribution in [0.3, 0.4) is 0 Å². The van der Waals surface area contributed by atoms with Gasteiger partial charge in [-0.2, -0.15) is 5.10 Å². The van der Waals surface area contributed by atoms with Crippen LogP contribution in [0.1, 0.15) is 16.8 Å². The number of halogens is 1. The van der Waals surface area contributed by atoms with E-state index in [9.17, 15) is 12.8 Å². The molecule has 0 saturated heterocycles. The van der Waals surface area contributed by atoms with E-state index in [1.165, 1.54) is 18.4 Å². The van der Waals surface area contributed by atoms with Crippen molar-refractivity contribution in [1.29, 1.82) is 0 Å². The van der Waals surface area contributed by atoms with Gasteiger partial charge < -0.3 is 10.6 Å². The largest absolute Gasteiger partial charge is 0.356 e. The molecule has 2 N–H and O–H groups in total. The summed E-state index contributed by atoms with van der Waals surface area (Å²) in [5, 5.41) is 11.0. The first-order valence-electron chi connectivity index (χ1n) is 9.81. The lowest BCUT2D eigenvalue weighted by atomic mass is 10.1. The fourth-order valence-electron chi connectivity index (χ4n) is 3.19. The summed E-state index contributed by atoms with van der Waals surface area (Å²) in [5.41, 5.74) is 3.39. The van der Waals surface area contributed by atoms with Gasteiger partial charge in [0.15, 0.2) is 15.8 Å². The molecular formula is C22H26FN5O2S. The Bertz CT molecular complexity index is 1170. The van der Waals surface area contributed by atoms with E-state index in [-0.39, 0.29) is 5.82 Å². The summed E-state index contributed by atoms with van der Waals surface area (Å²) in [5.74, 6) is 0.364. The fourth-order valence-corrected chi connectivity index (χ4v) is 4.14. The van der Waals surface area contributed by atoms with E-state index in [1.807, 2.05) is 18.3 Å². The van der Waals surface area contributed by atoms with E-state index in [0.29, 0.717) is 30.4 Å². The minimum Gasteiger partial charge on any atom is -0.356 e. The Morgan fingerprint density at radius 3 is 2.52 bits per heavy atom. The lowest BCUT2D eigenvalue weighted by Gasteiger charge is -2.12. The number of aromatic nitrogens is 2. The highest BCUT2D eigenvalue weighted by Gasteiger charge is 2.11. The average Bonchev–Trinajstić information content (AvgIpc) is 3.19. The number of rotatable bonds is 7. The van der Waals surface area contributed by atoms with Gasteiger partial charge in [-0.25, -0.2) is 17.5 Å². The predicted molar refractivity (Wildman–Crippen MR) is 120 cm³/mol. The number of benzene rings is 2. The Balaban J connectivity index is 1.50. The topological polar surface area (TPSA) is 88.4 Å². The second-order valence-electron chi connectivity index (χ2n) is 7.20. The van der Waals surface area contributed by atoms with Crippen molar-refractivity contribution in [3.8, 4) is 5.69 Å². The summed E-state index contributed by atoms with van der Waals surface area (Å²) in [6.45, 7) is 2.94. The van der Waals surface area contributed by atoms with Gasteiger partial charge in [0.1, 0.15) is 5.82 Å². The number of hydrogen-bond donors (Lipinski definition) is 2.